The smallest absolute Gasteiger partial charge is 0.304 e. The van der Waals surface area contributed by atoms with Crippen molar-refractivity contribution in [2.75, 3.05) is 40.0 Å². The van der Waals surface area contributed by atoms with Crippen molar-refractivity contribution in [3.05, 3.63) is 52.2 Å². The molecule has 29 heavy (non-hydrogen) atoms. The zero-order valence-corrected chi connectivity index (χ0v) is 17.3. The summed E-state index contributed by atoms with van der Waals surface area (Å²) in [5.74, 6) is -0.330. The standard InChI is InChI=1S/C21H29N3O5/c1-15-16(2)24(27)21(23(15)9-8-22-10-12-29-13-11-22)19(14-20(25)26)17-4-6-18(28-3)7-5-17/h4-7,19H,8-14H2,1-3H3,(H,25,26). The molecule has 8 heteroatoms. The first kappa shape index (κ1) is 21.1. The molecular weight excluding hydrogens is 374 g/mol. The van der Waals surface area contributed by atoms with Crippen LogP contribution in [0.1, 0.15) is 35.1 Å². The van der Waals surface area contributed by atoms with E-state index in [1.165, 1.54) is 0 Å². The highest BCUT2D eigenvalue weighted by atomic mass is 16.5. The number of benzene rings is 1. The Kier molecular flexibility index (Phi) is 6.76. The summed E-state index contributed by atoms with van der Waals surface area (Å²) in [5.41, 5.74) is 2.25. The largest absolute Gasteiger partial charge is 0.711 e. The number of aromatic nitrogens is 2. The van der Waals surface area contributed by atoms with Gasteiger partial charge in [0.25, 0.3) is 5.82 Å². The van der Waals surface area contributed by atoms with Crippen LogP contribution in [0.2, 0.25) is 0 Å². The molecule has 8 nitrogen and oxygen atoms in total. The van der Waals surface area contributed by atoms with E-state index in [0.29, 0.717) is 37.0 Å². The second-order valence-corrected chi connectivity index (χ2v) is 7.35. The summed E-state index contributed by atoms with van der Waals surface area (Å²) in [6, 6.07) is 7.24. The van der Waals surface area contributed by atoms with E-state index in [-0.39, 0.29) is 6.42 Å². The summed E-state index contributed by atoms with van der Waals surface area (Å²) in [6.45, 7) is 8.27. The van der Waals surface area contributed by atoms with Gasteiger partial charge in [0.2, 0.25) is 0 Å². The normalized spacial score (nSPS) is 16.0. The van der Waals surface area contributed by atoms with Crippen molar-refractivity contribution in [1.82, 2.24) is 9.47 Å². The number of ether oxygens (including phenoxy) is 2. The van der Waals surface area contributed by atoms with E-state index >= 15 is 0 Å². The summed E-state index contributed by atoms with van der Waals surface area (Å²) in [4.78, 5) is 13.9. The van der Waals surface area contributed by atoms with Gasteiger partial charge in [-0.2, -0.15) is 0 Å². The molecule has 1 N–H and O–H groups in total. The van der Waals surface area contributed by atoms with Crippen molar-refractivity contribution in [1.29, 1.82) is 0 Å². The van der Waals surface area contributed by atoms with Crippen LogP contribution in [0.25, 0.3) is 0 Å². The number of methoxy groups -OCH3 is 1. The van der Waals surface area contributed by atoms with Gasteiger partial charge in [-0.3, -0.25) is 9.69 Å². The molecule has 0 bridgehead atoms. The van der Waals surface area contributed by atoms with Crippen LogP contribution in [0, 0.1) is 19.1 Å². The molecule has 0 saturated carbocycles. The molecule has 2 heterocycles. The minimum absolute atomic E-state index is 0.158. The number of carboxylic acid groups (broad SMARTS) is 1. The van der Waals surface area contributed by atoms with Gasteiger partial charge < -0.3 is 19.8 Å². The summed E-state index contributed by atoms with van der Waals surface area (Å²) in [7, 11) is 1.58. The van der Waals surface area contributed by atoms with Crippen molar-refractivity contribution in [3.8, 4) is 5.75 Å². The SMILES string of the molecule is COc1ccc(C(CC(=O)O)c2n(CCN3CCOCC3)c(C)c(C)[n+]2[O-])cc1. The molecule has 0 spiro atoms. The molecule has 1 unspecified atom stereocenters. The van der Waals surface area contributed by atoms with Crippen LogP contribution >= 0.6 is 0 Å². The number of imidazole rings is 1. The average Bonchev–Trinajstić information content (AvgIpc) is 2.94. The second-order valence-electron chi connectivity index (χ2n) is 7.35. The number of hydrogen-bond acceptors (Lipinski definition) is 5. The molecule has 158 valence electrons. The monoisotopic (exact) mass is 403 g/mol. The van der Waals surface area contributed by atoms with Crippen molar-refractivity contribution in [3.63, 3.8) is 0 Å². The maximum atomic E-state index is 13.0. The van der Waals surface area contributed by atoms with Gasteiger partial charge >= 0.3 is 5.97 Å². The van der Waals surface area contributed by atoms with Crippen molar-refractivity contribution in [2.24, 2.45) is 0 Å². The fraction of sp³-hybridized carbons (Fsp3) is 0.524. The number of carboxylic acids is 1. The van der Waals surface area contributed by atoms with Crippen LogP contribution in [0.4, 0.5) is 0 Å². The van der Waals surface area contributed by atoms with Gasteiger partial charge in [0.05, 0.1) is 32.7 Å². The van der Waals surface area contributed by atoms with Gasteiger partial charge in [-0.1, -0.05) is 12.1 Å². The molecule has 1 aliphatic rings. The van der Waals surface area contributed by atoms with E-state index in [9.17, 15) is 15.1 Å². The van der Waals surface area contributed by atoms with Crippen molar-refractivity contribution in [2.45, 2.75) is 32.7 Å². The number of nitrogens with zero attached hydrogens (tertiary/aromatic N) is 3. The van der Waals surface area contributed by atoms with E-state index in [2.05, 4.69) is 4.90 Å². The summed E-state index contributed by atoms with van der Waals surface area (Å²) in [6.07, 6.45) is -0.158. The highest BCUT2D eigenvalue weighted by Gasteiger charge is 2.33. The third-order valence-electron chi connectivity index (χ3n) is 5.67. The number of carbonyl (C=O) groups is 1. The Balaban J connectivity index is 1.96. The predicted octanol–water partition coefficient (Wildman–Crippen LogP) is 1.69. The molecule has 1 atom stereocenters. The third-order valence-corrected chi connectivity index (χ3v) is 5.67. The van der Waals surface area contributed by atoms with Crippen molar-refractivity contribution >= 4 is 5.97 Å². The zero-order valence-electron chi connectivity index (χ0n) is 17.3. The Morgan fingerprint density at radius 2 is 1.90 bits per heavy atom. The second kappa shape index (κ2) is 9.28. The molecule has 0 amide bonds. The Hall–Kier alpha value is -2.58. The van der Waals surface area contributed by atoms with Crippen LogP contribution in [-0.4, -0.2) is 60.5 Å². The predicted molar refractivity (Wildman–Crippen MR) is 107 cm³/mol. The van der Waals surface area contributed by atoms with Crippen LogP contribution in [-0.2, 0) is 16.1 Å². The van der Waals surface area contributed by atoms with E-state index in [0.717, 1.165) is 35.6 Å². The summed E-state index contributed by atoms with van der Waals surface area (Å²) < 4.78 is 13.5. The minimum atomic E-state index is -0.943. The first-order chi connectivity index (χ1) is 13.9. The molecule has 2 aromatic rings. The fourth-order valence-corrected chi connectivity index (χ4v) is 3.84. The van der Waals surface area contributed by atoms with Gasteiger partial charge in [-0.15, -0.1) is 0 Å². The lowest BCUT2D eigenvalue weighted by molar-refractivity contribution is -0.621. The van der Waals surface area contributed by atoms with Crippen LogP contribution in [0.5, 0.6) is 5.75 Å². The van der Waals surface area contributed by atoms with E-state index in [1.807, 2.05) is 23.6 Å². The van der Waals surface area contributed by atoms with E-state index in [1.54, 1.807) is 26.2 Å². The molecule has 1 saturated heterocycles. The van der Waals surface area contributed by atoms with Gasteiger partial charge in [-0.25, -0.2) is 9.30 Å². The average molecular weight is 403 g/mol. The number of rotatable bonds is 8. The fourth-order valence-electron chi connectivity index (χ4n) is 3.84. The highest BCUT2D eigenvalue weighted by Crippen LogP contribution is 2.29. The van der Waals surface area contributed by atoms with E-state index in [4.69, 9.17) is 9.47 Å². The number of morpholine rings is 1. The molecule has 0 aliphatic carbocycles. The first-order valence-corrected chi connectivity index (χ1v) is 9.87. The van der Waals surface area contributed by atoms with Crippen molar-refractivity contribution < 1.29 is 24.1 Å². The topological polar surface area (TPSA) is 90.9 Å². The maximum absolute atomic E-state index is 13.0. The maximum Gasteiger partial charge on any atom is 0.304 e. The quantitative estimate of drug-likeness (QED) is 0.533. The Morgan fingerprint density at radius 1 is 1.24 bits per heavy atom. The molecule has 0 radical (unpaired) electrons. The molecular formula is C21H29N3O5. The molecule has 1 aromatic carbocycles. The Bertz CT molecular complexity index is 841. The lowest BCUT2D eigenvalue weighted by atomic mass is 9.94. The number of aliphatic carboxylic acids is 1. The van der Waals surface area contributed by atoms with Crippen LogP contribution in [0.3, 0.4) is 0 Å². The zero-order chi connectivity index (χ0) is 21.0. The minimum Gasteiger partial charge on any atom is -0.711 e. The third kappa shape index (κ3) is 4.71. The van der Waals surface area contributed by atoms with Crippen LogP contribution < -0.4 is 9.47 Å². The Labute approximate surface area is 170 Å². The Morgan fingerprint density at radius 3 is 2.48 bits per heavy atom. The van der Waals surface area contributed by atoms with Crippen LogP contribution in [0.15, 0.2) is 24.3 Å². The highest BCUT2D eigenvalue weighted by molar-refractivity contribution is 5.68. The van der Waals surface area contributed by atoms with Gasteiger partial charge in [0.1, 0.15) is 23.7 Å². The van der Waals surface area contributed by atoms with Gasteiger partial charge in [0.15, 0.2) is 0 Å². The van der Waals surface area contributed by atoms with Gasteiger partial charge in [0, 0.05) is 33.5 Å². The molecule has 1 aromatic heterocycles. The lowest BCUT2D eigenvalue weighted by Crippen LogP contribution is -2.40. The summed E-state index contributed by atoms with van der Waals surface area (Å²) in [5, 5.41) is 22.6. The molecule has 1 fully saturated rings. The molecule has 3 rings (SSSR count). The first-order valence-electron chi connectivity index (χ1n) is 9.87. The number of hydrogen-bond donors (Lipinski definition) is 1. The van der Waals surface area contributed by atoms with Gasteiger partial charge in [-0.05, 0) is 17.7 Å². The summed E-state index contributed by atoms with van der Waals surface area (Å²) >= 11 is 0. The van der Waals surface area contributed by atoms with E-state index < -0.39 is 11.9 Å². The lowest BCUT2D eigenvalue weighted by Gasteiger charge is -2.26. The molecule has 1 aliphatic heterocycles.